The van der Waals surface area contributed by atoms with Crippen LogP contribution >= 0.6 is 6.72 Å². The minimum atomic E-state index is -3.62. The maximum absolute atomic E-state index is 12.5. The Morgan fingerprint density at radius 3 is 0.949 bits per heavy atom. The van der Waals surface area contributed by atoms with Crippen molar-refractivity contribution < 1.29 is 42.2 Å². The van der Waals surface area contributed by atoms with Crippen LogP contribution < -0.4 is 29.5 Å². The SMILES string of the molecule is CCCCC(CC)COC(=O)Nc1ccc(OP(=S)(Oc2ccc(NC(=O)OCC(CC)CCCC)cc2)Oc2ccc(NC(=O)OCC(CC)CCCC)cc2)cc1. The van der Waals surface area contributed by atoms with Crippen LogP contribution in [-0.4, -0.2) is 38.1 Å². The van der Waals surface area contributed by atoms with Crippen molar-refractivity contribution in [1.29, 1.82) is 0 Å². The van der Waals surface area contributed by atoms with Crippen molar-refractivity contribution in [2.24, 2.45) is 17.8 Å². The summed E-state index contributed by atoms with van der Waals surface area (Å²) in [5.74, 6) is 2.00. The van der Waals surface area contributed by atoms with Crippen LogP contribution in [0.25, 0.3) is 0 Å². The van der Waals surface area contributed by atoms with E-state index in [1.165, 1.54) is 0 Å². The number of hydrogen-bond donors (Lipinski definition) is 3. The molecule has 326 valence electrons. The van der Waals surface area contributed by atoms with Crippen molar-refractivity contribution in [3.8, 4) is 17.2 Å². The summed E-state index contributed by atoms with van der Waals surface area (Å²) in [5, 5.41) is 8.28. The van der Waals surface area contributed by atoms with Crippen molar-refractivity contribution in [2.75, 3.05) is 35.8 Å². The molecule has 0 aliphatic carbocycles. The molecule has 0 spiro atoms. The monoisotopic (exact) mass is 855 g/mol. The number of rotatable bonds is 27. The molecular formula is C45H66N3O9PS. The molecule has 0 aliphatic rings. The molecule has 3 atom stereocenters. The number of anilines is 3. The van der Waals surface area contributed by atoms with Crippen LogP contribution in [-0.2, 0) is 26.0 Å². The summed E-state index contributed by atoms with van der Waals surface area (Å²) in [6, 6.07) is 19.9. The molecule has 12 nitrogen and oxygen atoms in total. The average Bonchev–Trinajstić information content (AvgIpc) is 3.23. The standard InChI is InChI=1S/C45H66N3O9PS/c1-7-13-16-34(10-4)31-52-43(49)46-37-19-25-40(26-20-37)55-58(59,56-41-27-21-38(22-28-41)47-44(50)53-32-35(11-5)17-14-8-2)57-42-29-23-39(24-30-42)48-45(51)54-33-36(12-6)18-15-9-3/h19-30,34-36H,7-18,31-33H2,1-6H3,(H,46,49)(H,47,50)(H,48,51). The Hall–Kier alpha value is -4.48. The van der Waals surface area contributed by atoms with Crippen LogP contribution in [0.2, 0.25) is 0 Å². The maximum atomic E-state index is 12.5. The molecule has 0 heterocycles. The fraction of sp³-hybridized carbons (Fsp3) is 0.533. The van der Waals surface area contributed by atoms with E-state index < -0.39 is 25.0 Å². The normalized spacial score (nSPS) is 13.5. The first-order valence-electron chi connectivity index (χ1n) is 21.3. The molecule has 3 amide bonds. The highest BCUT2D eigenvalue weighted by molar-refractivity contribution is 8.08. The lowest BCUT2D eigenvalue weighted by Gasteiger charge is -2.23. The minimum Gasteiger partial charge on any atom is -0.449 e. The van der Waals surface area contributed by atoms with Gasteiger partial charge < -0.3 is 27.8 Å². The van der Waals surface area contributed by atoms with E-state index in [-0.39, 0.29) is 0 Å². The number of hydrogen-bond acceptors (Lipinski definition) is 10. The molecule has 0 saturated heterocycles. The zero-order chi connectivity index (χ0) is 42.9. The third-order valence-electron chi connectivity index (χ3n) is 9.93. The van der Waals surface area contributed by atoms with E-state index in [0.717, 1.165) is 77.0 Å². The van der Waals surface area contributed by atoms with E-state index in [1.54, 1.807) is 72.8 Å². The maximum Gasteiger partial charge on any atom is 0.490 e. The Morgan fingerprint density at radius 1 is 0.475 bits per heavy atom. The summed E-state index contributed by atoms with van der Waals surface area (Å²) in [6.07, 6.45) is 10.9. The highest BCUT2D eigenvalue weighted by Gasteiger charge is 2.27. The molecule has 0 fully saturated rings. The van der Waals surface area contributed by atoms with Crippen molar-refractivity contribution in [1.82, 2.24) is 0 Å². The highest BCUT2D eigenvalue weighted by atomic mass is 32.5. The van der Waals surface area contributed by atoms with Crippen LogP contribution in [0.5, 0.6) is 17.2 Å². The Kier molecular flexibility index (Phi) is 22.6. The number of nitrogens with one attached hydrogen (secondary N) is 3. The second kappa shape index (κ2) is 27.3. The zero-order valence-corrected chi connectivity index (χ0v) is 37.5. The van der Waals surface area contributed by atoms with E-state index in [9.17, 15) is 14.4 Å². The summed E-state index contributed by atoms with van der Waals surface area (Å²) in [4.78, 5) is 37.6. The van der Waals surface area contributed by atoms with Gasteiger partial charge in [-0.1, -0.05) is 99.3 Å². The van der Waals surface area contributed by atoms with E-state index in [2.05, 4.69) is 57.5 Å². The molecule has 3 aromatic rings. The molecular weight excluding hydrogens is 790 g/mol. The molecule has 3 unspecified atom stereocenters. The van der Waals surface area contributed by atoms with E-state index in [0.29, 0.717) is 71.9 Å². The zero-order valence-electron chi connectivity index (χ0n) is 35.8. The first kappa shape index (κ1) is 48.9. The van der Waals surface area contributed by atoms with Crippen molar-refractivity contribution in [3.63, 3.8) is 0 Å². The average molecular weight is 856 g/mol. The topological polar surface area (TPSA) is 143 Å². The lowest BCUT2D eigenvalue weighted by molar-refractivity contribution is 0.135. The predicted molar refractivity (Wildman–Crippen MR) is 240 cm³/mol. The summed E-state index contributed by atoms with van der Waals surface area (Å²) >= 11 is 5.93. The third-order valence-corrected chi connectivity index (χ3v) is 11.9. The lowest BCUT2D eigenvalue weighted by Crippen LogP contribution is -2.18. The van der Waals surface area contributed by atoms with Gasteiger partial charge in [-0.25, -0.2) is 14.4 Å². The molecule has 0 bridgehead atoms. The van der Waals surface area contributed by atoms with E-state index in [1.807, 2.05) is 0 Å². The minimum absolute atomic E-state index is 0.325. The molecule has 0 aliphatic heterocycles. The number of amides is 3. The van der Waals surface area contributed by atoms with Gasteiger partial charge in [-0.05, 0) is 110 Å². The lowest BCUT2D eigenvalue weighted by atomic mass is 10.0. The predicted octanol–water partition coefficient (Wildman–Crippen LogP) is 13.7. The van der Waals surface area contributed by atoms with Gasteiger partial charge in [0.2, 0.25) is 0 Å². The Morgan fingerprint density at radius 2 is 0.729 bits per heavy atom. The van der Waals surface area contributed by atoms with Gasteiger partial charge >= 0.3 is 25.0 Å². The molecule has 59 heavy (non-hydrogen) atoms. The second-order valence-electron chi connectivity index (χ2n) is 14.7. The number of benzene rings is 3. The highest BCUT2D eigenvalue weighted by Crippen LogP contribution is 2.50. The van der Waals surface area contributed by atoms with Gasteiger partial charge in [0.1, 0.15) is 17.2 Å². The molecule has 0 aromatic heterocycles. The number of carbonyl (C=O) groups excluding carboxylic acids is 3. The third kappa shape index (κ3) is 19.4. The van der Waals surface area contributed by atoms with Crippen LogP contribution in [0.4, 0.5) is 31.4 Å². The second-order valence-corrected chi connectivity index (χ2v) is 17.5. The molecule has 0 saturated carbocycles. The largest absolute Gasteiger partial charge is 0.490 e. The number of unbranched alkanes of at least 4 members (excludes halogenated alkanes) is 3. The smallest absolute Gasteiger partial charge is 0.449 e. The molecule has 0 radical (unpaired) electrons. The number of carbonyl (C=O) groups is 3. The quantitative estimate of drug-likeness (QED) is 0.0501. The van der Waals surface area contributed by atoms with Crippen LogP contribution in [0.15, 0.2) is 72.8 Å². The molecule has 3 rings (SSSR count). The van der Waals surface area contributed by atoms with Gasteiger partial charge in [0.15, 0.2) is 0 Å². The summed E-state index contributed by atoms with van der Waals surface area (Å²) in [7, 11) is 0. The Labute approximate surface area is 357 Å². The van der Waals surface area contributed by atoms with E-state index in [4.69, 9.17) is 39.6 Å². The van der Waals surface area contributed by atoms with Crippen molar-refractivity contribution in [2.45, 2.75) is 119 Å². The summed E-state index contributed by atoms with van der Waals surface area (Å²) in [5.41, 5.74) is 1.54. The molecule has 3 N–H and O–H groups in total. The van der Waals surface area contributed by atoms with Crippen molar-refractivity contribution >= 4 is 53.9 Å². The first-order valence-corrected chi connectivity index (χ1v) is 23.9. The molecule has 14 heteroatoms. The van der Waals surface area contributed by atoms with Gasteiger partial charge in [0.25, 0.3) is 0 Å². The van der Waals surface area contributed by atoms with Gasteiger partial charge in [-0.2, -0.15) is 0 Å². The van der Waals surface area contributed by atoms with Crippen molar-refractivity contribution in [3.05, 3.63) is 72.8 Å². The fourth-order valence-electron chi connectivity index (χ4n) is 5.98. The number of ether oxygens (including phenoxy) is 3. The first-order chi connectivity index (χ1) is 28.5. The van der Waals surface area contributed by atoms with Crippen LogP contribution in [0.3, 0.4) is 0 Å². The Balaban J connectivity index is 1.70. The van der Waals surface area contributed by atoms with Gasteiger partial charge in [0.05, 0.1) is 19.8 Å². The van der Waals surface area contributed by atoms with E-state index >= 15 is 0 Å². The molecule has 3 aromatic carbocycles. The summed E-state index contributed by atoms with van der Waals surface area (Å²) in [6.45, 7) is 10.2. The van der Waals surface area contributed by atoms with Gasteiger partial charge in [0, 0.05) is 28.9 Å². The van der Waals surface area contributed by atoms with Crippen LogP contribution in [0.1, 0.15) is 119 Å². The Bertz CT molecular complexity index is 1510. The van der Waals surface area contributed by atoms with Gasteiger partial charge in [-0.3, -0.25) is 16.0 Å². The summed E-state index contributed by atoms with van der Waals surface area (Å²) < 4.78 is 35.2. The fourth-order valence-corrected chi connectivity index (χ4v) is 8.00. The van der Waals surface area contributed by atoms with Gasteiger partial charge in [-0.15, -0.1) is 0 Å². The van der Waals surface area contributed by atoms with Crippen LogP contribution in [0, 0.1) is 17.8 Å².